The Labute approximate surface area is 127 Å². The van der Waals surface area contributed by atoms with Gasteiger partial charge in [0.15, 0.2) is 0 Å². The summed E-state index contributed by atoms with van der Waals surface area (Å²) in [5.74, 6) is -0.895. The molecule has 1 N–H and O–H groups in total. The summed E-state index contributed by atoms with van der Waals surface area (Å²) in [4.78, 5) is 2.20. The number of rotatable bonds is 5. The topological polar surface area (TPSA) is 15.3 Å². The van der Waals surface area contributed by atoms with E-state index in [4.69, 9.17) is 0 Å². The number of benzene rings is 1. The Morgan fingerprint density at radius 1 is 1.25 bits per heavy atom. The van der Waals surface area contributed by atoms with Crippen molar-refractivity contribution >= 4 is 15.9 Å². The monoisotopic (exact) mass is 346 g/mol. The molecule has 1 aliphatic heterocycles. The zero-order chi connectivity index (χ0) is 14.5. The molecule has 0 amide bonds. The smallest absolute Gasteiger partial charge is 0.132 e. The number of piperazine rings is 1. The van der Waals surface area contributed by atoms with Gasteiger partial charge >= 0.3 is 0 Å². The molecular formula is C15H21BrF2N2. The number of halogens is 3. The van der Waals surface area contributed by atoms with Crippen LogP contribution in [-0.4, -0.2) is 31.1 Å². The van der Waals surface area contributed by atoms with Gasteiger partial charge in [0.05, 0.1) is 0 Å². The normalized spacial score (nSPS) is 18.2. The first-order valence-electron chi connectivity index (χ1n) is 7.22. The van der Waals surface area contributed by atoms with Gasteiger partial charge in [-0.2, -0.15) is 0 Å². The lowest BCUT2D eigenvalue weighted by atomic mass is 9.97. The Morgan fingerprint density at radius 2 is 1.85 bits per heavy atom. The summed E-state index contributed by atoms with van der Waals surface area (Å²) >= 11 is 3.14. The second-order valence-electron chi connectivity index (χ2n) is 5.23. The highest BCUT2D eigenvalue weighted by Gasteiger charge is 2.27. The highest BCUT2D eigenvalue weighted by molar-refractivity contribution is 9.10. The minimum Gasteiger partial charge on any atom is -0.314 e. The maximum absolute atomic E-state index is 14.2. The predicted octanol–water partition coefficient (Wildman–Crippen LogP) is 3.86. The van der Waals surface area contributed by atoms with Crippen molar-refractivity contribution in [3.63, 3.8) is 0 Å². The van der Waals surface area contributed by atoms with E-state index in [1.165, 1.54) is 12.1 Å². The zero-order valence-corrected chi connectivity index (χ0v) is 13.3. The SMILES string of the molecule is CCCC[C@@H](c1c(F)cc(Br)cc1F)N1CCNCC1. The van der Waals surface area contributed by atoms with E-state index in [9.17, 15) is 8.78 Å². The molecule has 0 spiro atoms. The van der Waals surface area contributed by atoms with Gasteiger partial charge in [-0.3, -0.25) is 4.90 Å². The molecule has 0 aliphatic carbocycles. The molecule has 0 saturated carbocycles. The van der Waals surface area contributed by atoms with Gasteiger partial charge in [-0.1, -0.05) is 35.7 Å². The van der Waals surface area contributed by atoms with E-state index in [0.29, 0.717) is 4.47 Å². The fourth-order valence-corrected chi connectivity index (χ4v) is 3.17. The molecule has 1 aliphatic rings. The largest absolute Gasteiger partial charge is 0.314 e. The third-order valence-electron chi connectivity index (χ3n) is 3.80. The number of nitrogens with one attached hydrogen (secondary N) is 1. The van der Waals surface area contributed by atoms with Crippen LogP contribution in [0, 0.1) is 11.6 Å². The zero-order valence-electron chi connectivity index (χ0n) is 11.8. The maximum Gasteiger partial charge on any atom is 0.132 e. The van der Waals surface area contributed by atoms with Crippen molar-refractivity contribution in [1.29, 1.82) is 0 Å². The molecule has 1 heterocycles. The van der Waals surface area contributed by atoms with Gasteiger partial charge in [0.2, 0.25) is 0 Å². The lowest BCUT2D eigenvalue weighted by Crippen LogP contribution is -2.45. The van der Waals surface area contributed by atoms with Crippen molar-refractivity contribution in [3.05, 3.63) is 33.8 Å². The summed E-state index contributed by atoms with van der Waals surface area (Å²) in [6, 6.07) is 2.56. The van der Waals surface area contributed by atoms with Gasteiger partial charge in [-0.05, 0) is 18.6 Å². The van der Waals surface area contributed by atoms with Crippen LogP contribution in [0.1, 0.15) is 37.8 Å². The summed E-state index contributed by atoms with van der Waals surface area (Å²) in [6.45, 7) is 5.53. The molecular weight excluding hydrogens is 326 g/mol. The van der Waals surface area contributed by atoms with Crippen LogP contribution in [0.15, 0.2) is 16.6 Å². The number of hydrogen-bond acceptors (Lipinski definition) is 2. The van der Waals surface area contributed by atoms with Crippen molar-refractivity contribution in [2.24, 2.45) is 0 Å². The lowest BCUT2D eigenvalue weighted by molar-refractivity contribution is 0.156. The average molecular weight is 347 g/mol. The van der Waals surface area contributed by atoms with Crippen molar-refractivity contribution in [2.45, 2.75) is 32.2 Å². The Morgan fingerprint density at radius 3 is 2.40 bits per heavy atom. The van der Waals surface area contributed by atoms with Gasteiger partial charge in [-0.15, -0.1) is 0 Å². The summed E-state index contributed by atoms with van der Waals surface area (Å²) in [6.07, 6.45) is 2.80. The first kappa shape index (κ1) is 15.9. The molecule has 0 unspecified atom stereocenters. The Kier molecular flexibility index (Phi) is 5.93. The molecule has 112 valence electrons. The minimum absolute atomic E-state index is 0.162. The van der Waals surface area contributed by atoms with E-state index in [0.717, 1.165) is 45.4 Å². The van der Waals surface area contributed by atoms with E-state index < -0.39 is 11.6 Å². The van der Waals surface area contributed by atoms with Crippen LogP contribution >= 0.6 is 15.9 Å². The fourth-order valence-electron chi connectivity index (χ4n) is 2.77. The molecule has 0 radical (unpaired) electrons. The van der Waals surface area contributed by atoms with Gasteiger partial charge in [-0.25, -0.2) is 8.78 Å². The van der Waals surface area contributed by atoms with Gasteiger partial charge in [0.25, 0.3) is 0 Å². The molecule has 0 bridgehead atoms. The van der Waals surface area contributed by atoms with Crippen LogP contribution < -0.4 is 5.32 Å². The predicted molar refractivity (Wildman–Crippen MR) is 80.8 cm³/mol. The van der Waals surface area contributed by atoms with Crippen LogP contribution in [0.3, 0.4) is 0 Å². The molecule has 2 rings (SSSR count). The second kappa shape index (κ2) is 7.48. The molecule has 1 fully saturated rings. The highest BCUT2D eigenvalue weighted by Crippen LogP contribution is 2.32. The Balaban J connectivity index is 2.29. The molecule has 5 heteroatoms. The quantitative estimate of drug-likeness (QED) is 0.870. The third-order valence-corrected chi connectivity index (χ3v) is 4.26. The standard InChI is InChI=1S/C15H21BrF2N2/c1-2-3-4-14(20-7-5-19-6-8-20)15-12(17)9-11(16)10-13(15)18/h9-10,14,19H,2-8H2,1H3/t14-/m0/s1. The lowest BCUT2D eigenvalue weighted by Gasteiger charge is -2.35. The highest BCUT2D eigenvalue weighted by atomic mass is 79.9. The van der Waals surface area contributed by atoms with Crippen LogP contribution in [0.4, 0.5) is 8.78 Å². The molecule has 0 aromatic heterocycles. The molecule has 2 nitrogen and oxygen atoms in total. The van der Waals surface area contributed by atoms with Gasteiger partial charge < -0.3 is 5.32 Å². The minimum atomic E-state index is -0.448. The summed E-state index contributed by atoms with van der Waals surface area (Å²) in [5.41, 5.74) is 0.226. The maximum atomic E-state index is 14.2. The van der Waals surface area contributed by atoms with Crippen LogP contribution in [0.25, 0.3) is 0 Å². The average Bonchev–Trinajstić information content (AvgIpc) is 2.42. The Bertz CT molecular complexity index is 424. The van der Waals surface area contributed by atoms with E-state index >= 15 is 0 Å². The van der Waals surface area contributed by atoms with Crippen LogP contribution in [-0.2, 0) is 0 Å². The van der Waals surface area contributed by atoms with Crippen molar-refractivity contribution in [1.82, 2.24) is 10.2 Å². The van der Waals surface area contributed by atoms with Crippen LogP contribution in [0.5, 0.6) is 0 Å². The molecule has 1 atom stereocenters. The molecule has 20 heavy (non-hydrogen) atoms. The van der Waals surface area contributed by atoms with Crippen LogP contribution in [0.2, 0.25) is 0 Å². The van der Waals surface area contributed by atoms with E-state index in [1.807, 2.05) is 0 Å². The molecule has 1 aromatic carbocycles. The van der Waals surface area contributed by atoms with Gasteiger partial charge in [0, 0.05) is 42.3 Å². The third kappa shape index (κ3) is 3.77. The fraction of sp³-hybridized carbons (Fsp3) is 0.600. The molecule has 1 aromatic rings. The summed E-state index contributed by atoms with van der Waals surface area (Å²) < 4.78 is 28.9. The first-order chi connectivity index (χ1) is 9.63. The van der Waals surface area contributed by atoms with Crippen molar-refractivity contribution in [2.75, 3.05) is 26.2 Å². The molecule has 1 saturated heterocycles. The summed E-state index contributed by atoms with van der Waals surface area (Å²) in [7, 11) is 0. The number of unbranched alkanes of at least 4 members (excludes halogenated alkanes) is 1. The van der Waals surface area contributed by atoms with E-state index in [-0.39, 0.29) is 11.6 Å². The Hall–Kier alpha value is -0.520. The van der Waals surface area contributed by atoms with E-state index in [2.05, 4.69) is 33.1 Å². The summed E-state index contributed by atoms with van der Waals surface area (Å²) in [5, 5.41) is 3.28. The number of hydrogen-bond donors (Lipinski definition) is 1. The second-order valence-corrected chi connectivity index (χ2v) is 6.14. The first-order valence-corrected chi connectivity index (χ1v) is 8.02. The van der Waals surface area contributed by atoms with Crippen molar-refractivity contribution < 1.29 is 8.78 Å². The van der Waals surface area contributed by atoms with Gasteiger partial charge in [0.1, 0.15) is 11.6 Å². The number of nitrogens with zero attached hydrogens (tertiary/aromatic N) is 1. The van der Waals surface area contributed by atoms with E-state index in [1.54, 1.807) is 0 Å². The van der Waals surface area contributed by atoms with Crippen molar-refractivity contribution in [3.8, 4) is 0 Å².